The Morgan fingerprint density at radius 2 is 2.04 bits per heavy atom. The van der Waals surface area contributed by atoms with Crippen LogP contribution in [0.3, 0.4) is 0 Å². The van der Waals surface area contributed by atoms with Crippen molar-refractivity contribution < 1.29 is 14.3 Å². The lowest BCUT2D eigenvalue weighted by atomic mass is 10.1. The Morgan fingerprint density at radius 1 is 1.18 bits per heavy atom. The van der Waals surface area contributed by atoms with Gasteiger partial charge in [0.25, 0.3) is 0 Å². The Balaban J connectivity index is 1.51. The Bertz CT molecular complexity index is 1130. The van der Waals surface area contributed by atoms with Crippen molar-refractivity contribution in [3.63, 3.8) is 0 Å². The van der Waals surface area contributed by atoms with Gasteiger partial charge >= 0.3 is 0 Å². The average Bonchev–Trinajstić information content (AvgIpc) is 3.35. The van der Waals surface area contributed by atoms with Crippen LogP contribution in [0, 0.1) is 0 Å². The zero-order chi connectivity index (χ0) is 19.5. The molecule has 0 aliphatic rings. The van der Waals surface area contributed by atoms with Crippen LogP contribution < -0.4 is 14.8 Å². The molecule has 0 fully saturated rings. The van der Waals surface area contributed by atoms with Crippen LogP contribution in [0.15, 0.2) is 54.0 Å². The number of H-pyrrole nitrogens is 1. The summed E-state index contributed by atoms with van der Waals surface area (Å²) in [6.45, 7) is 0. The number of methoxy groups -OCH3 is 2. The Morgan fingerprint density at radius 3 is 2.86 bits per heavy atom. The third kappa shape index (κ3) is 3.57. The highest BCUT2D eigenvalue weighted by Crippen LogP contribution is 2.35. The highest BCUT2D eigenvalue weighted by molar-refractivity contribution is 7.14. The van der Waals surface area contributed by atoms with Gasteiger partial charge in [-0.3, -0.25) is 4.79 Å². The first kappa shape index (κ1) is 18.1. The predicted molar refractivity (Wildman–Crippen MR) is 111 cm³/mol. The first-order chi connectivity index (χ1) is 13.7. The van der Waals surface area contributed by atoms with Gasteiger partial charge in [-0.2, -0.15) is 0 Å². The van der Waals surface area contributed by atoms with Crippen LogP contribution in [0.25, 0.3) is 22.2 Å². The molecule has 2 heterocycles. The molecule has 0 unspecified atom stereocenters. The van der Waals surface area contributed by atoms with E-state index in [1.807, 2.05) is 54.0 Å². The fourth-order valence-electron chi connectivity index (χ4n) is 3.08. The van der Waals surface area contributed by atoms with Gasteiger partial charge in [-0.25, -0.2) is 4.98 Å². The van der Waals surface area contributed by atoms with Crippen molar-refractivity contribution in [1.29, 1.82) is 0 Å². The minimum absolute atomic E-state index is 0.108. The fraction of sp³-hybridized carbons (Fsp3) is 0.143. The molecule has 2 N–H and O–H groups in total. The van der Waals surface area contributed by atoms with E-state index < -0.39 is 0 Å². The number of aromatic nitrogens is 2. The number of hydrogen-bond donors (Lipinski definition) is 2. The number of benzene rings is 2. The van der Waals surface area contributed by atoms with Crippen molar-refractivity contribution >= 4 is 33.3 Å². The number of para-hydroxylation sites is 1. The van der Waals surface area contributed by atoms with Gasteiger partial charge in [0.1, 0.15) is 11.5 Å². The quantitative estimate of drug-likeness (QED) is 0.506. The fourth-order valence-corrected chi connectivity index (χ4v) is 3.81. The number of carbonyl (C=O) groups excluding carboxylic acids is 1. The van der Waals surface area contributed by atoms with Gasteiger partial charge in [-0.05, 0) is 29.8 Å². The number of thiazole rings is 1. The molecule has 0 spiro atoms. The number of fused-ring (bicyclic) bond motifs is 1. The number of carbonyl (C=O) groups is 1. The van der Waals surface area contributed by atoms with Gasteiger partial charge in [0, 0.05) is 28.0 Å². The van der Waals surface area contributed by atoms with Crippen LogP contribution in [-0.2, 0) is 11.2 Å². The molecule has 6 nitrogen and oxygen atoms in total. The molecular weight excluding hydrogens is 374 g/mol. The van der Waals surface area contributed by atoms with Crippen molar-refractivity contribution in [2.75, 3.05) is 19.5 Å². The number of ether oxygens (including phenoxy) is 2. The summed E-state index contributed by atoms with van der Waals surface area (Å²) in [5, 5.41) is 6.37. The maximum Gasteiger partial charge on any atom is 0.230 e. The molecule has 1 amide bonds. The Labute approximate surface area is 166 Å². The van der Waals surface area contributed by atoms with E-state index in [2.05, 4.69) is 15.3 Å². The molecule has 0 saturated carbocycles. The van der Waals surface area contributed by atoms with E-state index >= 15 is 0 Å². The summed E-state index contributed by atoms with van der Waals surface area (Å²) in [6, 6.07) is 13.5. The molecule has 0 atom stereocenters. The summed E-state index contributed by atoms with van der Waals surface area (Å²) in [7, 11) is 3.23. The van der Waals surface area contributed by atoms with Gasteiger partial charge in [0.2, 0.25) is 5.91 Å². The molecular formula is C21H19N3O3S. The van der Waals surface area contributed by atoms with Crippen LogP contribution in [0.5, 0.6) is 11.5 Å². The first-order valence-corrected chi connectivity index (χ1v) is 9.58. The largest absolute Gasteiger partial charge is 0.497 e. The number of hydrogen-bond acceptors (Lipinski definition) is 5. The Kier molecular flexibility index (Phi) is 4.99. The molecule has 0 aliphatic carbocycles. The van der Waals surface area contributed by atoms with Gasteiger partial charge < -0.3 is 19.8 Å². The van der Waals surface area contributed by atoms with E-state index in [0.29, 0.717) is 16.6 Å². The van der Waals surface area contributed by atoms with Crippen LogP contribution in [0.4, 0.5) is 5.13 Å². The zero-order valence-corrected chi connectivity index (χ0v) is 16.3. The van der Waals surface area contributed by atoms with E-state index in [0.717, 1.165) is 27.7 Å². The van der Waals surface area contributed by atoms with Crippen LogP contribution in [0.1, 0.15) is 5.56 Å². The first-order valence-electron chi connectivity index (χ1n) is 8.70. The van der Waals surface area contributed by atoms with Crippen molar-refractivity contribution in [2.45, 2.75) is 6.42 Å². The van der Waals surface area contributed by atoms with Gasteiger partial charge in [-0.1, -0.05) is 18.2 Å². The molecule has 28 heavy (non-hydrogen) atoms. The van der Waals surface area contributed by atoms with Crippen molar-refractivity contribution in [1.82, 2.24) is 9.97 Å². The summed E-state index contributed by atoms with van der Waals surface area (Å²) in [5.41, 5.74) is 3.52. The second-order valence-corrected chi connectivity index (χ2v) is 7.05. The standard InChI is InChI=1S/C21H19N3O3S/c1-26-14-7-8-19(27-2)16(10-14)18-12-28-21(23-18)24-20(25)9-13-11-22-17-6-4-3-5-15(13)17/h3-8,10-12,22H,9H2,1-2H3,(H,23,24,25). The molecule has 7 heteroatoms. The van der Waals surface area contributed by atoms with Crippen LogP contribution >= 0.6 is 11.3 Å². The van der Waals surface area contributed by atoms with E-state index in [4.69, 9.17) is 9.47 Å². The van der Waals surface area contributed by atoms with Gasteiger partial charge in [-0.15, -0.1) is 11.3 Å². The number of rotatable bonds is 6. The molecule has 0 radical (unpaired) electrons. The van der Waals surface area contributed by atoms with E-state index in [1.165, 1.54) is 11.3 Å². The summed E-state index contributed by atoms with van der Waals surface area (Å²) in [5.74, 6) is 1.31. The number of nitrogens with zero attached hydrogens (tertiary/aromatic N) is 1. The molecule has 0 aliphatic heterocycles. The van der Waals surface area contributed by atoms with E-state index in [9.17, 15) is 4.79 Å². The summed E-state index contributed by atoms with van der Waals surface area (Å²) in [4.78, 5) is 20.2. The number of anilines is 1. The van der Waals surface area contributed by atoms with Crippen LogP contribution in [-0.4, -0.2) is 30.1 Å². The van der Waals surface area contributed by atoms with Crippen molar-refractivity contribution in [3.8, 4) is 22.8 Å². The average molecular weight is 393 g/mol. The van der Waals surface area contributed by atoms with Crippen molar-refractivity contribution in [2.24, 2.45) is 0 Å². The summed E-state index contributed by atoms with van der Waals surface area (Å²) < 4.78 is 10.7. The third-order valence-electron chi connectivity index (χ3n) is 4.46. The lowest BCUT2D eigenvalue weighted by Gasteiger charge is -2.08. The van der Waals surface area contributed by atoms with Crippen LogP contribution in [0.2, 0.25) is 0 Å². The van der Waals surface area contributed by atoms with E-state index in [-0.39, 0.29) is 12.3 Å². The Hall–Kier alpha value is -3.32. The normalized spacial score (nSPS) is 10.8. The lowest BCUT2D eigenvalue weighted by molar-refractivity contribution is -0.115. The monoisotopic (exact) mass is 393 g/mol. The molecule has 2 aromatic heterocycles. The molecule has 142 valence electrons. The second kappa shape index (κ2) is 7.74. The van der Waals surface area contributed by atoms with E-state index in [1.54, 1.807) is 14.2 Å². The SMILES string of the molecule is COc1ccc(OC)c(-c2csc(NC(=O)Cc3c[nH]c4ccccc34)n2)c1. The second-order valence-electron chi connectivity index (χ2n) is 6.19. The molecule has 4 aromatic rings. The highest BCUT2D eigenvalue weighted by atomic mass is 32.1. The predicted octanol–water partition coefficient (Wildman–Crippen LogP) is 4.49. The minimum atomic E-state index is -0.108. The van der Waals surface area contributed by atoms with Gasteiger partial charge in [0.15, 0.2) is 5.13 Å². The highest BCUT2D eigenvalue weighted by Gasteiger charge is 2.14. The lowest BCUT2D eigenvalue weighted by Crippen LogP contribution is -2.14. The number of amides is 1. The smallest absolute Gasteiger partial charge is 0.230 e. The van der Waals surface area contributed by atoms with Crippen molar-refractivity contribution in [3.05, 3.63) is 59.6 Å². The maximum absolute atomic E-state index is 12.5. The topological polar surface area (TPSA) is 76.2 Å². The molecule has 0 saturated heterocycles. The number of nitrogens with one attached hydrogen (secondary N) is 2. The van der Waals surface area contributed by atoms with Gasteiger partial charge in [0.05, 0.1) is 26.3 Å². The minimum Gasteiger partial charge on any atom is -0.497 e. The molecule has 2 aromatic carbocycles. The maximum atomic E-state index is 12.5. The third-order valence-corrected chi connectivity index (χ3v) is 5.22. The zero-order valence-electron chi connectivity index (χ0n) is 15.5. The summed E-state index contributed by atoms with van der Waals surface area (Å²) in [6.07, 6.45) is 2.15. The number of aromatic amines is 1. The molecule has 0 bridgehead atoms. The molecule has 4 rings (SSSR count). The summed E-state index contributed by atoms with van der Waals surface area (Å²) >= 11 is 1.37.